The molecule has 0 fully saturated rings. The van der Waals surface area contributed by atoms with Crippen LogP contribution in [0, 0.1) is 29.1 Å². The van der Waals surface area contributed by atoms with Gasteiger partial charge in [-0.3, -0.25) is 0 Å². The molecule has 0 aromatic heterocycles. The molecule has 2 nitrogen and oxygen atoms in total. The first-order valence-corrected chi connectivity index (χ1v) is 5.66. The lowest BCUT2D eigenvalue weighted by molar-refractivity contribution is 0.418. The van der Waals surface area contributed by atoms with Gasteiger partial charge in [0, 0.05) is 0 Å². The molecule has 0 amide bonds. The predicted octanol–water partition coefficient (Wildman–Crippen LogP) is 2.71. The zero-order chi connectivity index (χ0) is 11.7. The SMILES string of the molecule is C#CC(CCC)NCCCC(C)(C)C#N. The van der Waals surface area contributed by atoms with E-state index in [1.54, 1.807) is 0 Å². The van der Waals surface area contributed by atoms with Crippen molar-refractivity contribution in [3.8, 4) is 18.4 Å². The number of nitrogens with one attached hydrogen (secondary N) is 1. The lowest BCUT2D eigenvalue weighted by Crippen LogP contribution is -2.28. The first kappa shape index (κ1) is 14.0. The summed E-state index contributed by atoms with van der Waals surface area (Å²) in [6, 6.07) is 2.50. The van der Waals surface area contributed by atoms with Crippen LogP contribution in [0.25, 0.3) is 0 Å². The molecule has 0 aliphatic rings. The molecule has 1 N–H and O–H groups in total. The Bertz CT molecular complexity index is 242. The van der Waals surface area contributed by atoms with Crippen LogP contribution in [0.1, 0.15) is 46.5 Å². The molecule has 0 bridgehead atoms. The minimum absolute atomic E-state index is 0.195. The Kier molecular flexibility index (Phi) is 6.84. The minimum atomic E-state index is -0.210. The van der Waals surface area contributed by atoms with Gasteiger partial charge in [-0.1, -0.05) is 19.3 Å². The van der Waals surface area contributed by atoms with Gasteiger partial charge in [0.1, 0.15) is 0 Å². The van der Waals surface area contributed by atoms with Crippen molar-refractivity contribution in [1.29, 1.82) is 5.26 Å². The molecule has 1 unspecified atom stereocenters. The van der Waals surface area contributed by atoms with Gasteiger partial charge in [-0.25, -0.2) is 0 Å². The van der Waals surface area contributed by atoms with Gasteiger partial charge in [-0.15, -0.1) is 6.42 Å². The maximum Gasteiger partial charge on any atom is 0.0686 e. The lowest BCUT2D eigenvalue weighted by Gasteiger charge is -2.16. The van der Waals surface area contributed by atoms with Gasteiger partial charge < -0.3 is 5.32 Å². The Balaban J connectivity index is 3.63. The van der Waals surface area contributed by atoms with Crippen molar-refractivity contribution < 1.29 is 0 Å². The van der Waals surface area contributed by atoms with Crippen LogP contribution in [0.5, 0.6) is 0 Å². The Hall–Kier alpha value is -0.990. The number of nitriles is 1. The minimum Gasteiger partial charge on any atom is -0.304 e. The predicted molar refractivity (Wildman–Crippen MR) is 64.2 cm³/mol. The van der Waals surface area contributed by atoms with E-state index in [2.05, 4.69) is 24.2 Å². The van der Waals surface area contributed by atoms with Gasteiger partial charge >= 0.3 is 0 Å². The maximum absolute atomic E-state index is 8.83. The molecule has 0 saturated carbocycles. The lowest BCUT2D eigenvalue weighted by atomic mass is 9.90. The molecular formula is C13H22N2. The Morgan fingerprint density at radius 3 is 2.60 bits per heavy atom. The molecule has 1 atom stereocenters. The maximum atomic E-state index is 8.83. The molecule has 0 spiro atoms. The number of hydrogen-bond donors (Lipinski definition) is 1. The third-order valence-electron chi connectivity index (χ3n) is 2.45. The second kappa shape index (κ2) is 7.32. The number of nitrogens with zero attached hydrogens (tertiary/aromatic N) is 1. The van der Waals surface area contributed by atoms with Gasteiger partial charge in [0.2, 0.25) is 0 Å². The highest BCUT2D eigenvalue weighted by molar-refractivity contribution is 4.98. The highest BCUT2D eigenvalue weighted by atomic mass is 14.9. The van der Waals surface area contributed by atoms with Crippen LogP contribution in [0.4, 0.5) is 0 Å². The molecular weight excluding hydrogens is 184 g/mol. The summed E-state index contributed by atoms with van der Waals surface area (Å²) in [7, 11) is 0. The summed E-state index contributed by atoms with van der Waals surface area (Å²) in [5.74, 6) is 2.74. The zero-order valence-corrected chi connectivity index (χ0v) is 10.1. The monoisotopic (exact) mass is 206 g/mol. The standard InChI is InChI=1S/C13H22N2/c1-5-8-12(6-2)15-10-7-9-13(3,4)11-14/h2,12,15H,5,7-10H2,1,3-4H3. The molecule has 0 saturated heterocycles. The summed E-state index contributed by atoms with van der Waals surface area (Å²) in [6.45, 7) is 6.97. The smallest absolute Gasteiger partial charge is 0.0686 e. The molecule has 84 valence electrons. The third-order valence-corrected chi connectivity index (χ3v) is 2.45. The van der Waals surface area contributed by atoms with E-state index in [9.17, 15) is 0 Å². The first-order chi connectivity index (χ1) is 7.05. The van der Waals surface area contributed by atoms with Crippen LogP contribution in [0.15, 0.2) is 0 Å². The van der Waals surface area contributed by atoms with Crippen molar-refractivity contribution in [1.82, 2.24) is 5.32 Å². The Morgan fingerprint density at radius 1 is 1.47 bits per heavy atom. The molecule has 0 heterocycles. The van der Waals surface area contributed by atoms with Gasteiger partial charge in [0.05, 0.1) is 17.5 Å². The van der Waals surface area contributed by atoms with Crippen LogP contribution in [-0.4, -0.2) is 12.6 Å². The van der Waals surface area contributed by atoms with E-state index in [-0.39, 0.29) is 11.5 Å². The van der Waals surface area contributed by atoms with Crippen LogP contribution < -0.4 is 5.32 Å². The topological polar surface area (TPSA) is 35.8 Å². The van der Waals surface area contributed by atoms with Gasteiger partial charge in [0.25, 0.3) is 0 Å². The second-order valence-electron chi connectivity index (χ2n) is 4.56. The molecule has 15 heavy (non-hydrogen) atoms. The summed E-state index contributed by atoms with van der Waals surface area (Å²) in [4.78, 5) is 0. The summed E-state index contributed by atoms with van der Waals surface area (Å²) in [5, 5.41) is 12.2. The zero-order valence-electron chi connectivity index (χ0n) is 10.1. The van der Waals surface area contributed by atoms with Crippen molar-refractivity contribution in [2.45, 2.75) is 52.5 Å². The number of hydrogen-bond acceptors (Lipinski definition) is 2. The average molecular weight is 206 g/mol. The molecule has 0 aromatic carbocycles. The normalized spacial score (nSPS) is 12.9. The van der Waals surface area contributed by atoms with Crippen LogP contribution in [0.3, 0.4) is 0 Å². The highest BCUT2D eigenvalue weighted by Crippen LogP contribution is 2.19. The van der Waals surface area contributed by atoms with Crippen LogP contribution >= 0.6 is 0 Å². The van der Waals surface area contributed by atoms with Crippen molar-refractivity contribution in [3.05, 3.63) is 0 Å². The Labute approximate surface area is 94.1 Å². The van der Waals surface area contributed by atoms with Crippen molar-refractivity contribution in [3.63, 3.8) is 0 Å². The Morgan fingerprint density at radius 2 is 2.13 bits per heavy atom. The number of rotatable bonds is 7. The fourth-order valence-electron chi connectivity index (χ4n) is 1.40. The van der Waals surface area contributed by atoms with E-state index in [4.69, 9.17) is 11.7 Å². The van der Waals surface area contributed by atoms with Gasteiger partial charge in [0.15, 0.2) is 0 Å². The van der Waals surface area contributed by atoms with Crippen molar-refractivity contribution in [2.24, 2.45) is 5.41 Å². The number of terminal acetylenes is 1. The van der Waals surface area contributed by atoms with Gasteiger partial charge in [-0.05, 0) is 39.7 Å². The van der Waals surface area contributed by atoms with E-state index in [1.165, 1.54) is 0 Å². The fraction of sp³-hybridized carbons (Fsp3) is 0.769. The summed E-state index contributed by atoms with van der Waals surface area (Å²) in [5.41, 5.74) is -0.210. The molecule has 0 rings (SSSR count). The largest absolute Gasteiger partial charge is 0.304 e. The van der Waals surface area contributed by atoms with E-state index in [0.717, 1.165) is 32.2 Å². The van der Waals surface area contributed by atoms with Crippen LogP contribution in [0.2, 0.25) is 0 Å². The summed E-state index contributed by atoms with van der Waals surface area (Å²) in [6.07, 6.45) is 9.44. The quantitative estimate of drug-likeness (QED) is 0.513. The molecule has 0 radical (unpaired) electrons. The highest BCUT2D eigenvalue weighted by Gasteiger charge is 2.15. The van der Waals surface area contributed by atoms with Crippen LogP contribution in [-0.2, 0) is 0 Å². The summed E-state index contributed by atoms with van der Waals surface area (Å²) >= 11 is 0. The van der Waals surface area contributed by atoms with E-state index in [0.29, 0.717) is 0 Å². The summed E-state index contributed by atoms with van der Waals surface area (Å²) < 4.78 is 0. The second-order valence-corrected chi connectivity index (χ2v) is 4.56. The fourth-order valence-corrected chi connectivity index (χ4v) is 1.40. The van der Waals surface area contributed by atoms with E-state index in [1.807, 2.05) is 13.8 Å². The molecule has 0 aliphatic carbocycles. The molecule has 0 aliphatic heterocycles. The average Bonchev–Trinajstić information content (AvgIpc) is 2.22. The molecule has 2 heteroatoms. The third kappa shape index (κ3) is 7.00. The van der Waals surface area contributed by atoms with Crippen molar-refractivity contribution >= 4 is 0 Å². The van der Waals surface area contributed by atoms with Crippen molar-refractivity contribution in [2.75, 3.05) is 6.54 Å². The van der Waals surface area contributed by atoms with Gasteiger partial charge in [-0.2, -0.15) is 5.26 Å². The van der Waals surface area contributed by atoms with E-state index >= 15 is 0 Å². The first-order valence-electron chi connectivity index (χ1n) is 5.66. The van der Waals surface area contributed by atoms with E-state index < -0.39 is 0 Å². The molecule has 0 aromatic rings.